The van der Waals surface area contributed by atoms with E-state index >= 15 is 0 Å². The second-order valence-electron chi connectivity index (χ2n) is 9.57. The zero-order chi connectivity index (χ0) is 29.8. The quantitative estimate of drug-likeness (QED) is 0.296. The van der Waals surface area contributed by atoms with E-state index in [9.17, 15) is 32.3 Å². The number of amides is 3. The van der Waals surface area contributed by atoms with Crippen LogP contribution in [0.5, 0.6) is 0 Å². The SMILES string of the molecule is O=C(Cn1c2c(sc1=O)C(c1cccnc1)C1C(=O)N(c3ccc(Cl)cc3)C(=O)C1S2)Nc1cccc(C(F)(F)F)c1. The molecule has 2 aromatic carbocycles. The van der Waals surface area contributed by atoms with Crippen molar-refractivity contribution < 1.29 is 27.6 Å². The summed E-state index contributed by atoms with van der Waals surface area (Å²) in [6, 6.07) is 13.9. The van der Waals surface area contributed by atoms with Crippen molar-refractivity contribution in [3.63, 3.8) is 0 Å². The number of pyridine rings is 1. The van der Waals surface area contributed by atoms with E-state index in [0.29, 0.717) is 26.2 Å². The van der Waals surface area contributed by atoms with E-state index in [2.05, 4.69) is 10.3 Å². The monoisotopic (exact) mass is 630 g/mol. The fraction of sp³-hybridized carbons (Fsp3) is 0.179. The van der Waals surface area contributed by atoms with Crippen molar-refractivity contribution >= 4 is 63.8 Å². The largest absolute Gasteiger partial charge is 0.416 e. The first-order chi connectivity index (χ1) is 20.0. The Bertz CT molecular complexity index is 1780. The molecule has 1 N–H and O–H groups in total. The molecular formula is C28H18ClF3N4O4S2. The first-order valence-corrected chi connectivity index (χ1v) is 14.5. The number of anilines is 2. The zero-order valence-corrected chi connectivity index (χ0v) is 23.6. The average molecular weight is 631 g/mol. The van der Waals surface area contributed by atoms with Crippen LogP contribution in [0.1, 0.15) is 21.9 Å². The van der Waals surface area contributed by atoms with Gasteiger partial charge in [0.25, 0.3) is 0 Å². The number of nitrogens with one attached hydrogen (secondary N) is 1. The topological polar surface area (TPSA) is 101 Å². The Morgan fingerprint density at radius 3 is 2.48 bits per heavy atom. The number of rotatable bonds is 5. The van der Waals surface area contributed by atoms with Crippen molar-refractivity contribution in [2.24, 2.45) is 5.92 Å². The molecule has 3 unspecified atom stereocenters. The number of thioether (sulfide) groups is 1. The molecule has 6 rings (SSSR count). The number of carbonyl (C=O) groups excluding carboxylic acids is 3. The van der Waals surface area contributed by atoms with Crippen LogP contribution in [0.2, 0.25) is 5.02 Å². The maximum atomic E-state index is 13.8. The molecule has 0 radical (unpaired) electrons. The van der Waals surface area contributed by atoms with Crippen LogP contribution in [0.15, 0.2) is 82.9 Å². The number of nitrogens with zero attached hydrogens (tertiary/aromatic N) is 3. The smallest absolute Gasteiger partial charge is 0.325 e. The summed E-state index contributed by atoms with van der Waals surface area (Å²) in [4.78, 5) is 58.9. The highest BCUT2D eigenvalue weighted by Gasteiger charge is 2.56. The predicted molar refractivity (Wildman–Crippen MR) is 152 cm³/mol. The number of hydrogen-bond donors (Lipinski definition) is 1. The summed E-state index contributed by atoms with van der Waals surface area (Å²) in [5, 5.41) is 2.29. The minimum absolute atomic E-state index is 0.0805. The molecule has 2 aromatic heterocycles. The molecule has 14 heteroatoms. The van der Waals surface area contributed by atoms with E-state index in [1.165, 1.54) is 16.7 Å². The van der Waals surface area contributed by atoms with Crippen molar-refractivity contribution in [3.05, 3.63) is 104 Å². The Morgan fingerprint density at radius 2 is 1.79 bits per heavy atom. The summed E-state index contributed by atoms with van der Waals surface area (Å²) in [5.41, 5.74) is -0.0328. The van der Waals surface area contributed by atoms with Gasteiger partial charge in [-0.05, 0) is 54.1 Å². The Kier molecular flexibility index (Phi) is 7.19. The van der Waals surface area contributed by atoms with Gasteiger partial charge in [-0.1, -0.05) is 46.8 Å². The summed E-state index contributed by atoms with van der Waals surface area (Å²) >= 11 is 7.88. The first kappa shape index (κ1) is 28.2. The summed E-state index contributed by atoms with van der Waals surface area (Å²) in [5.74, 6) is -3.18. The molecule has 3 atom stereocenters. The van der Waals surface area contributed by atoms with E-state index in [1.54, 1.807) is 48.8 Å². The van der Waals surface area contributed by atoms with Gasteiger partial charge < -0.3 is 5.32 Å². The first-order valence-electron chi connectivity index (χ1n) is 12.4. The van der Waals surface area contributed by atoms with Gasteiger partial charge in [-0.3, -0.25) is 28.7 Å². The lowest BCUT2D eigenvalue weighted by molar-refractivity contribution is -0.137. The fourth-order valence-corrected chi connectivity index (χ4v) is 8.04. The van der Waals surface area contributed by atoms with E-state index < -0.39 is 58.0 Å². The molecule has 0 saturated carbocycles. The minimum Gasteiger partial charge on any atom is -0.325 e. The number of fused-ring (bicyclic) bond motifs is 2. The number of hydrogen-bond acceptors (Lipinski definition) is 7. The maximum Gasteiger partial charge on any atom is 0.416 e. The van der Waals surface area contributed by atoms with Crippen molar-refractivity contribution in [2.75, 3.05) is 10.2 Å². The molecule has 1 saturated heterocycles. The Balaban J connectivity index is 1.36. The number of thiazole rings is 1. The molecule has 2 aliphatic rings. The molecule has 42 heavy (non-hydrogen) atoms. The second kappa shape index (κ2) is 10.7. The van der Waals surface area contributed by atoms with Crippen LogP contribution in [0, 0.1) is 5.92 Å². The molecule has 3 amide bonds. The summed E-state index contributed by atoms with van der Waals surface area (Å²) in [6.07, 6.45) is -1.46. The standard InChI is InChI=1S/C28H18ClF3N4O4S2/c29-16-6-8-18(9-7-16)36-24(38)21-20(14-3-2-10-33-12-14)23-26(41-22(21)25(36)39)35(27(40)42-23)13-19(37)34-17-5-1-4-15(11-17)28(30,31)32/h1-12,20-22H,13H2,(H,34,37). The highest BCUT2D eigenvalue weighted by atomic mass is 35.5. The van der Waals surface area contributed by atoms with Crippen molar-refractivity contribution in [2.45, 2.75) is 28.9 Å². The number of carbonyl (C=O) groups is 3. The maximum absolute atomic E-state index is 13.8. The van der Waals surface area contributed by atoms with Crippen LogP contribution in [-0.4, -0.2) is 32.5 Å². The lowest BCUT2D eigenvalue weighted by atomic mass is 9.84. The van der Waals surface area contributed by atoms with Crippen molar-refractivity contribution in [1.82, 2.24) is 9.55 Å². The van der Waals surface area contributed by atoms with Crippen LogP contribution < -0.4 is 15.1 Å². The van der Waals surface area contributed by atoms with Gasteiger partial charge in [0.05, 0.1) is 22.2 Å². The molecule has 8 nitrogen and oxygen atoms in total. The molecule has 4 aromatic rings. The predicted octanol–water partition coefficient (Wildman–Crippen LogP) is 5.41. The van der Waals surface area contributed by atoms with Crippen LogP contribution >= 0.6 is 34.7 Å². The van der Waals surface area contributed by atoms with E-state index in [-0.39, 0.29) is 5.69 Å². The molecular weight excluding hydrogens is 613 g/mol. The Labute approximate surface area is 249 Å². The Morgan fingerprint density at radius 1 is 1.02 bits per heavy atom. The molecule has 0 spiro atoms. The highest BCUT2D eigenvalue weighted by molar-refractivity contribution is 8.00. The molecule has 1 fully saturated rings. The normalized spacial score (nSPS) is 19.9. The van der Waals surface area contributed by atoms with Crippen LogP contribution in [0.4, 0.5) is 24.5 Å². The van der Waals surface area contributed by atoms with Gasteiger partial charge in [0.15, 0.2) is 0 Å². The van der Waals surface area contributed by atoms with Crippen LogP contribution in [-0.2, 0) is 27.1 Å². The van der Waals surface area contributed by atoms with Gasteiger partial charge in [-0.25, -0.2) is 4.90 Å². The number of alkyl halides is 3. The van der Waals surface area contributed by atoms with Crippen molar-refractivity contribution in [1.29, 1.82) is 0 Å². The lowest BCUT2D eigenvalue weighted by Crippen LogP contribution is -2.33. The molecule has 2 aliphatic heterocycles. The lowest BCUT2D eigenvalue weighted by Gasteiger charge is -2.30. The van der Waals surface area contributed by atoms with E-state index in [1.807, 2.05) is 0 Å². The summed E-state index contributed by atoms with van der Waals surface area (Å²) < 4.78 is 40.6. The molecule has 0 bridgehead atoms. The van der Waals surface area contributed by atoms with E-state index in [0.717, 1.165) is 40.1 Å². The van der Waals surface area contributed by atoms with Gasteiger partial charge in [0, 0.05) is 33.9 Å². The zero-order valence-electron chi connectivity index (χ0n) is 21.2. The minimum atomic E-state index is -4.59. The van der Waals surface area contributed by atoms with Gasteiger partial charge in [-0.2, -0.15) is 13.2 Å². The summed E-state index contributed by atoms with van der Waals surface area (Å²) in [7, 11) is 0. The van der Waals surface area contributed by atoms with E-state index in [4.69, 9.17) is 11.6 Å². The average Bonchev–Trinajstić information content (AvgIpc) is 3.40. The van der Waals surface area contributed by atoms with Gasteiger partial charge in [-0.15, -0.1) is 0 Å². The van der Waals surface area contributed by atoms with Gasteiger partial charge in [0.1, 0.15) is 11.8 Å². The van der Waals surface area contributed by atoms with Gasteiger partial charge in [0.2, 0.25) is 17.7 Å². The summed E-state index contributed by atoms with van der Waals surface area (Å²) in [6.45, 7) is -0.506. The molecule has 214 valence electrons. The van der Waals surface area contributed by atoms with Gasteiger partial charge >= 0.3 is 11.0 Å². The van der Waals surface area contributed by atoms with Crippen LogP contribution in [0.25, 0.3) is 0 Å². The second-order valence-corrected chi connectivity index (χ2v) is 12.1. The third-order valence-corrected chi connectivity index (χ3v) is 9.81. The third kappa shape index (κ3) is 5.01. The number of halogens is 4. The Hall–Kier alpha value is -3.94. The van der Waals surface area contributed by atoms with Crippen molar-refractivity contribution in [3.8, 4) is 0 Å². The van der Waals surface area contributed by atoms with Crippen LogP contribution in [0.3, 0.4) is 0 Å². The molecule has 4 heterocycles. The number of imide groups is 1. The highest BCUT2D eigenvalue weighted by Crippen LogP contribution is 2.53. The number of benzene rings is 2. The number of aromatic nitrogens is 2. The fourth-order valence-electron chi connectivity index (χ4n) is 5.14. The molecule has 0 aliphatic carbocycles. The third-order valence-electron chi connectivity index (χ3n) is 6.95.